The van der Waals surface area contributed by atoms with E-state index in [4.69, 9.17) is 4.74 Å². The maximum Gasteiger partial charge on any atom is 0.337 e. The third kappa shape index (κ3) is 3.32. The lowest BCUT2D eigenvalue weighted by molar-refractivity contribution is 0.0568. The van der Waals surface area contributed by atoms with Gasteiger partial charge in [-0.3, -0.25) is 0 Å². The van der Waals surface area contributed by atoms with Crippen LogP contribution in [-0.2, 0) is 4.74 Å². The van der Waals surface area contributed by atoms with E-state index in [1.165, 1.54) is 0 Å². The molecular formula is C10H13BO2. The minimum Gasteiger partial charge on any atom is -0.471 e. The normalized spacial score (nSPS) is 9.38. The molecule has 0 spiro atoms. The quantitative estimate of drug-likeness (QED) is 0.520. The fourth-order valence-electron chi connectivity index (χ4n) is 0.900. The highest BCUT2D eigenvalue weighted by Crippen LogP contribution is 2.00. The zero-order chi connectivity index (χ0) is 9.68. The first-order valence-electron chi connectivity index (χ1n) is 4.42. The van der Waals surface area contributed by atoms with E-state index in [0.717, 1.165) is 0 Å². The van der Waals surface area contributed by atoms with Gasteiger partial charge in [-0.25, -0.2) is 4.79 Å². The Morgan fingerprint density at radius 3 is 2.46 bits per heavy atom. The van der Waals surface area contributed by atoms with Gasteiger partial charge < -0.3 is 4.74 Å². The van der Waals surface area contributed by atoms with Crippen molar-refractivity contribution in [2.75, 3.05) is 6.51 Å². The van der Waals surface area contributed by atoms with Crippen molar-refractivity contribution in [2.45, 2.75) is 13.6 Å². The number of hydrogen-bond donors (Lipinski definition) is 0. The molecule has 0 bridgehead atoms. The van der Waals surface area contributed by atoms with Crippen LogP contribution >= 0.6 is 0 Å². The monoisotopic (exact) mass is 176 g/mol. The van der Waals surface area contributed by atoms with Gasteiger partial charge in [0.05, 0.1) is 12.1 Å². The van der Waals surface area contributed by atoms with E-state index in [0.29, 0.717) is 18.8 Å². The zero-order valence-corrected chi connectivity index (χ0v) is 7.99. The highest BCUT2D eigenvalue weighted by molar-refractivity contribution is 6.55. The predicted octanol–water partition coefficient (Wildman–Crippen LogP) is 2.14. The first-order valence-corrected chi connectivity index (χ1v) is 4.42. The van der Waals surface area contributed by atoms with E-state index >= 15 is 0 Å². The second-order valence-electron chi connectivity index (χ2n) is 3.36. The Hall–Kier alpha value is -1.25. The molecule has 0 amide bonds. The smallest absolute Gasteiger partial charge is 0.337 e. The molecule has 0 heterocycles. The van der Waals surface area contributed by atoms with Crippen LogP contribution in [-0.4, -0.2) is 19.2 Å². The summed E-state index contributed by atoms with van der Waals surface area (Å²) in [6, 6.07) is 9.03. The Morgan fingerprint density at radius 2 is 1.92 bits per heavy atom. The van der Waals surface area contributed by atoms with Crippen LogP contribution in [0.15, 0.2) is 30.3 Å². The molecule has 2 nitrogen and oxygen atoms in total. The molecule has 0 aliphatic heterocycles. The number of esters is 1. The van der Waals surface area contributed by atoms with Crippen molar-refractivity contribution in [1.29, 1.82) is 0 Å². The van der Waals surface area contributed by atoms with Gasteiger partial charge in [0.25, 0.3) is 0 Å². The van der Waals surface area contributed by atoms with Gasteiger partial charge in [-0.05, 0) is 12.1 Å². The number of rotatable bonds is 3. The fraction of sp³-hybridized carbons (Fsp3) is 0.300. The highest BCUT2D eigenvalue weighted by atomic mass is 16.5. The summed E-state index contributed by atoms with van der Waals surface area (Å²) in [5.74, 6) is -0.241. The van der Waals surface area contributed by atoms with Gasteiger partial charge in [0.2, 0.25) is 0 Å². The van der Waals surface area contributed by atoms with Crippen LogP contribution in [0.4, 0.5) is 0 Å². The Morgan fingerprint density at radius 1 is 1.31 bits per heavy atom. The Balaban J connectivity index is 2.50. The molecule has 13 heavy (non-hydrogen) atoms. The lowest BCUT2D eigenvalue weighted by Crippen LogP contribution is -2.16. The third-order valence-electron chi connectivity index (χ3n) is 1.56. The van der Waals surface area contributed by atoms with Crippen LogP contribution in [0.1, 0.15) is 10.4 Å². The minimum atomic E-state index is -0.241. The first kappa shape index (κ1) is 9.84. The van der Waals surface area contributed by atoms with Crippen molar-refractivity contribution in [3.8, 4) is 0 Å². The summed E-state index contributed by atoms with van der Waals surface area (Å²) in [7, 11) is 0. The largest absolute Gasteiger partial charge is 0.471 e. The molecule has 0 saturated carbocycles. The van der Waals surface area contributed by atoms with Crippen LogP contribution < -0.4 is 0 Å². The number of hydrogen-bond acceptors (Lipinski definition) is 2. The van der Waals surface area contributed by atoms with Gasteiger partial charge in [-0.1, -0.05) is 31.8 Å². The summed E-state index contributed by atoms with van der Waals surface area (Å²) in [4.78, 5) is 11.3. The summed E-state index contributed by atoms with van der Waals surface area (Å²) in [6.45, 7) is 4.89. The van der Waals surface area contributed by atoms with E-state index in [9.17, 15) is 4.79 Å². The molecule has 1 aromatic rings. The van der Waals surface area contributed by atoms with E-state index in [-0.39, 0.29) is 5.97 Å². The average molecular weight is 176 g/mol. The van der Waals surface area contributed by atoms with E-state index < -0.39 is 0 Å². The Bertz CT molecular complexity index is 270. The van der Waals surface area contributed by atoms with Crippen LogP contribution in [0.25, 0.3) is 0 Å². The Kier molecular flexibility index (Phi) is 3.56. The topological polar surface area (TPSA) is 26.3 Å². The van der Waals surface area contributed by atoms with Gasteiger partial charge in [0.15, 0.2) is 6.71 Å². The Labute approximate surface area is 79.0 Å². The van der Waals surface area contributed by atoms with Gasteiger partial charge in [0, 0.05) is 0 Å². The summed E-state index contributed by atoms with van der Waals surface area (Å²) in [6.07, 6.45) is 0. The van der Waals surface area contributed by atoms with Gasteiger partial charge in [-0.15, -0.1) is 0 Å². The molecule has 1 rings (SSSR count). The summed E-state index contributed by atoms with van der Waals surface area (Å²) in [5, 5.41) is 0. The van der Waals surface area contributed by atoms with Crippen molar-refractivity contribution in [3.05, 3.63) is 35.9 Å². The maximum atomic E-state index is 11.3. The third-order valence-corrected chi connectivity index (χ3v) is 1.56. The predicted molar refractivity (Wildman–Crippen MR) is 54.2 cm³/mol. The van der Waals surface area contributed by atoms with Crippen LogP contribution in [0, 0.1) is 0 Å². The summed E-state index contributed by atoms with van der Waals surface area (Å²) in [5.41, 5.74) is 0.614. The highest BCUT2D eigenvalue weighted by Gasteiger charge is 2.07. The molecule has 1 aromatic carbocycles. The zero-order valence-electron chi connectivity index (χ0n) is 7.99. The standard InChI is InChI=1S/C10H13BO2/c1-11(2)8-13-10(12)9-6-4-3-5-7-9/h3-7H,8H2,1-2H3. The number of benzene rings is 1. The fourth-order valence-corrected chi connectivity index (χ4v) is 0.900. The minimum absolute atomic E-state index is 0.241. The molecule has 0 saturated heterocycles. The number of carbonyl (C=O) groups excluding carboxylic acids is 1. The molecule has 68 valence electrons. The lowest BCUT2D eigenvalue weighted by Gasteiger charge is -2.04. The number of carbonyl (C=O) groups is 1. The molecule has 0 aliphatic rings. The molecular weight excluding hydrogens is 163 g/mol. The molecule has 0 radical (unpaired) electrons. The molecule has 0 aliphatic carbocycles. The molecule has 0 N–H and O–H groups in total. The van der Waals surface area contributed by atoms with Gasteiger partial charge >= 0.3 is 5.97 Å². The molecule has 0 aromatic heterocycles. The summed E-state index contributed by atoms with van der Waals surface area (Å²) < 4.78 is 5.05. The van der Waals surface area contributed by atoms with Crippen molar-refractivity contribution in [1.82, 2.24) is 0 Å². The maximum absolute atomic E-state index is 11.3. The van der Waals surface area contributed by atoms with Crippen LogP contribution in [0.3, 0.4) is 0 Å². The van der Waals surface area contributed by atoms with Crippen molar-refractivity contribution < 1.29 is 9.53 Å². The summed E-state index contributed by atoms with van der Waals surface area (Å²) >= 11 is 0. The SMILES string of the molecule is CB(C)COC(=O)c1ccccc1. The molecule has 0 fully saturated rings. The van der Waals surface area contributed by atoms with Crippen LogP contribution in [0.5, 0.6) is 0 Å². The van der Waals surface area contributed by atoms with Crippen molar-refractivity contribution >= 4 is 12.7 Å². The molecule has 0 atom stereocenters. The molecule has 3 heteroatoms. The average Bonchev–Trinajstić information content (AvgIpc) is 2.15. The number of ether oxygens (including phenoxy) is 1. The van der Waals surface area contributed by atoms with Gasteiger partial charge in [-0.2, -0.15) is 0 Å². The van der Waals surface area contributed by atoms with Crippen LogP contribution in [0.2, 0.25) is 13.6 Å². The van der Waals surface area contributed by atoms with E-state index in [2.05, 4.69) is 0 Å². The first-order chi connectivity index (χ1) is 6.20. The molecule has 0 unspecified atom stereocenters. The second-order valence-corrected chi connectivity index (χ2v) is 3.36. The van der Waals surface area contributed by atoms with E-state index in [1.807, 2.05) is 31.8 Å². The second kappa shape index (κ2) is 4.70. The van der Waals surface area contributed by atoms with Crippen molar-refractivity contribution in [3.63, 3.8) is 0 Å². The van der Waals surface area contributed by atoms with Gasteiger partial charge in [0.1, 0.15) is 0 Å². The van der Waals surface area contributed by atoms with Crippen molar-refractivity contribution in [2.24, 2.45) is 0 Å². The van der Waals surface area contributed by atoms with E-state index in [1.54, 1.807) is 12.1 Å². The lowest BCUT2D eigenvalue weighted by atomic mass is 9.56.